The van der Waals surface area contributed by atoms with E-state index in [0.29, 0.717) is 21.8 Å². The largest absolute Gasteiger partial charge is 0.493 e. The maximum atomic E-state index is 12.2. The first kappa shape index (κ1) is 17.7. The highest BCUT2D eigenvalue weighted by Gasteiger charge is 2.16. The predicted octanol–water partition coefficient (Wildman–Crippen LogP) is 1.62. The second kappa shape index (κ2) is 7.40. The molecule has 2 heterocycles. The minimum absolute atomic E-state index is 0.00207. The third-order valence-corrected chi connectivity index (χ3v) is 4.59. The fraction of sp³-hybridized carbons (Fsp3) is 0.250. The summed E-state index contributed by atoms with van der Waals surface area (Å²) in [6.07, 6.45) is 1.35. The van der Waals surface area contributed by atoms with Crippen molar-refractivity contribution in [3.8, 4) is 11.5 Å². The maximum Gasteiger partial charge on any atom is 0.325 e. The summed E-state index contributed by atoms with van der Waals surface area (Å²) in [6.45, 7) is -0.117. The number of benzene rings is 1. The number of esters is 1. The number of hydrogen-bond donors (Lipinski definition) is 0. The summed E-state index contributed by atoms with van der Waals surface area (Å²) in [7, 11) is 4.33. The van der Waals surface area contributed by atoms with Crippen LogP contribution in [0.3, 0.4) is 0 Å². The summed E-state index contributed by atoms with van der Waals surface area (Å²) < 4.78 is 22.5. The number of rotatable bonds is 5. The van der Waals surface area contributed by atoms with Crippen molar-refractivity contribution in [1.29, 1.82) is 0 Å². The third kappa shape index (κ3) is 3.31. The highest BCUT2D eigenvalue weighted by molar-refractivity contribution is 7.16. The average Bonchev–Trinajstić information content (AvgIpc) is 3.29. The van der Waals surface area contributed by atoms with Gasteiger partial charge in [0.05, 0.1) is 37.7 Å². The topological polar surface area (TPSA) is 105 Å². The first-order valence-electron chi connectivity index (χ1n) is 7.39. The Morgan fingerprint density at radius 2 is 1.96 bits per heavy atom. The summed E-state index contributed by atoms with van der Waals surface area (Å²) in [6, 6.07) is 4.88. The molecule has 1 amide bonds. The van der Waals surface area contributed by atoms with Gasteiger partial charge in [0.2, 0.25) is 5.76 Å². The van der Waals surface area contributed by atoms with Gasteiger partial charge >= 0.3 is 11.9 Å². The van der Waals surface area contributed by atoms with E-state index in [1.165, 1.54) is 44.9 Å². The first-order valence-corrected chi connectivity index (χ1v) is 8.21. The number of carbonyl (C=O) groups is 2. The fourth-order valence-electron chi connectivity index (χ4n) is 2.30. The molecule has 0 N–H and O–H groups in total. The van der Waals surface area contributed by atoms with Crippen LogP contribution in [0.2, 0.25) is 0 Å². The van der Waals surface area contributed by atoms with Gasteiger partial charge < -0.3 is 23.3 Å². The van der Waals surface area contributed by atoms with Gasteiger partial charge in [0, 0.05) is 18.2 Å². The number of aromatic nitrogens is 2. The summed E-state index contributed by atoms with van der Waals surface area (Å²) in [5.41, 5.74) is 0.655. The lowest BCUT2D eigenvalue weighted by molar-refractivity contribution is -0.141. The molecule has 136 valence electrons. The van der Waals surface area contributed by atoms with E-state index in [9.17, 15) is 9.59 Å². The highest BCUT2D eigenvalue weighted by atomic mass is 32.1. The molecule has 0 bridgehead atoms. The molecule has 3 aromatic rings. The van der Waals surface area contributed by atoms with Crippen molar-refractivity contribution in [3.05, 3.63) is 35.0 Å². The zero-order chi connectivity index (χ0) is 18.7. The van der Waals surface area contributed by atoms with Crippen molar-refractivity contribution in [2.75, 3.05) is 21.3 Å². The Kier molecular flexibility index (Phi) is 5.03. The molecule has 0 fully saturated rings. The van der Waals surface area contributed by atoms with Gasteiger partial charge in [-0.05, 0) is 0 Å². The van der Waals surface area contributed by atoms with Crippen LogP contribution in [0.5, 0.6) is 11.5 Å². The molecule has 0 aliphatic heterocycles. The molecule has 26 heavy (non-hydrogen) atoms. The Balaban J connectivity index is 2.21. The standard InChI is InChI=1S/C16H15N3O6S/c1-22-11-6-9-13(7-12(11)23-2)26-16(19(9)8-14(20)24-3)18-15(21)10-4-5-17-25-10/h4-7H,8H2,1-3H3. The lowest BCUT2D eigenvalue weighted by atomic mass is 10.3. The van der Waals surface area contributed by atoms with Crippen LogP contribution in [0.4, 0.5) is 0 Å². The van der Waals surface area contributed by atoms with Gasteiger partial charge in [-0.15, -0.1) is 0 Å². The number of methoxy groups -OCH3 is 3. The molecule has 0 saturated heterocycles. The quantitative estimate of drug-likeness (QED) is 0.622. The van der Waals surface area contributed by atoms with Gasteiger partial charge in [0.15, 0.2) is 16.3 Å². The number of ether oxygens (including phenoxy) is 3. The van der Waals surface area contributed by atoms with Crippen molar-refractivity contribution in [1.82, 2.24) is 9.72 Å². The van der Waals surface area contributed by atoms with E-state index in [-0.39, 0.29) is 12.3 Å². The van der Waals surface area contributed by atoms with Crippen molar-refractivity contribution < 1.29 is 28.3 Å². The Morgan fingerprint density at radius 3 is 2.58 bits per heavy atom. The van der Waals surface area contributed by atoms with Crippen LogP contribution in [-0.2, 0) is 16.1 Å². The second-order valence-electron chi connectivity index (χ2n) is 5.02. The van der Waals surface area contributed by atoms with E-state index in [1.807, 2.05) is 0 Å². The number of carbonyl (C=O) groups excluding carboxylic acids is 2. The van der Waals surface area contributed by atoms with E-state index >= 15 is 0 Å². The SMILES string of the molecule is COC(=O)Cn1c(=NC(=O)c2ccno2)sc2cc(OC)c(OC)cc21. The summed E-state index contributed by atoms with van der Waals surface area (Å²) in [4.78, 5) is 28.4. The molecular formula is C16H15N3O6S. The average molecular weight is 377 g/mol. The Hall–Kier alpha value is -3.14. The highest BCUT2D eigenvalue weighted by Crippen LogP contribution is 2.33. The van der Waals surface area contributed by atoms with Crippen molar-refractivity contribution in [2.45, 2.75) is 6.54 Å². The van der Waals surface area contributed by atoms with Gasteiger partial charge in [-0.3, -0.25) is 9.59 Å². The lowest BCUT2D eigenvalue weighted by Crippen LogP contribution is -2.22. The lowest BCUT2D eigenvalue weighted by Gasteiger charge is -2.08. The molecule has 0 spiro atoms. The van der Waals surface area contributed by atoms with E-state index in [4.69, 9.17) is 18.7 Å². The van der Waals surface area contributed by atoms with E-state index in [1.54, 1.807) is 16.7 Å². The molecule has 10 heteroatoms. The van der Waals surface area contributed by atoms with Crippen LogP contribution in [0.25, 0.3) is 10.2 Å². The van der Waals surface area contributed by atoms with E-state index in [0.717, 1.165) is 4.70 Å². The minimum atomic E-state index is -0.605. The summed E-state index contributed by atoms with van der Waals surface area (Å²) >= 11 is 1.22. The zero-order valence-corrected chi connectivity index (χ0v) is 15.0. The normalized spacial score (nSPS) is 11.6. The molecule has 0 saturated carbocycles. The molecule has 0 unspecified atom stereocenters. The monoisotopic (exact) mass is 377 g/mol. The van der Waals surface area contributed by atoms with E-state index in [2.05, 4.69) is 10.1 Å². The van der Waals surface area contributed by atoms with Crippen molar-refractivity contribution in [3.63, 3.8) is 0 Å². The van der Waals surface area contributed by atoms with Crippen molar-refractivity contribution in [2.24, 2.45) is 4.99 Å². The minimum Gasteiger partial charge on any atom is -0.493 e. The Bertz CT molecular complexity index is 1020. The first-order chi connectivity index (χ1) is 12.6. The van der Waals surface area contributed by atoms with Crippen LogP contribution in [0.15, 0.2) is 33.9 Å². The number of amides is 1. The van der Waals surface area contributed by atoms with Crippen LogP contribution >= 0.6 is 11.3 Å². The van der Waals surface area contributed by atoms with Crippen LogP contribution < -0.4 is 14.3 Å². The zero-order valence-electron chi connectivity index (χ0n) is 14.2. The Labute approximate surface area is 151 Å². The molecule has 0 atom stereocenters. The van der Waals surface area contributed by atoms with Crippen LogP contribution in [-0.4, -0.2) is 42.9 Å². The fourth-order valence-corrected chi connectivity index (χ4v) is 3.33. The number of fused-ring (bicyclic) bond motifs is 1. The summed E-state index contributed by atoms with van der Waals surface area (Å²) in [5.74, 6) is -0.0639. The molecule has 9 nitrogen and oxygen atoms in total. The van der Waals surface area contributed by atoms with Gasteiger partial charge in [-0.25, -0.2) is 0 Å². The predicted molar refractivity (Wildman–Crippen MR) is 91.3 cm³/mol. The van der Waals surface area contributed by atoms with Crippen LogP contribution in [0.1, 0.15) is 10.6 Å². The smallest absolute Gasteiger partial charge is 0.325 e. The maximum absolute atomic E-state index is 12.2. The number of hydrogen-bond acceptors (Lipinski definition) is 8. The van der Waals surface area contributed by atoms with Gasteiger partial charge in [-0.2, -0.15) is 4.99 Å². The molecule has 3 rings (SSSR count). The number of thiazole rings is 1. The third-order valence-electron chi connectivity index (χ3n) is 3.55. The van der Waals surface area contributed by atoms with Crippen LogP contribution in [0, 0.1) is 0 Å². The van der Waals surface area contributed by atoms with Crippen molar-refractivity contribution >= 4 is 33.4 Å². The molecule has 1 aromatic carbocycles. The van der Waals surface area contributed by atoms with Gasteiger partial charge in [0.1, 0.15) is 6.54 Å². The number of nitrogens with zero attached hydrogens (tertiary/aromatic N) is 3. The molecule has 0 radical (unpaired) electrons. The van der Waals surface area contributed by atoms with E-state index < -0.39 is 11.9 Å². The Morgan fingerprint density at radius 1 is 1.23 bits per heavy atom. The molecule has 0 aliphatic carbocycles. The second-order valence-corrected chi connectivity index (χ2v) is 6.02. The molecule has 2 aromatic heterocycles. The summed E-state index contributed by atoms with van der Waals surface area (Å²) in [5, 5.41) is 3.49. The molecule has 0 aliphatic rings. The van der Waals surface area contributed by atoms with Gasteiger partial charge in [-0.1, -0.05) is 16.5 Å². The molecular weight excluding hydrogens is 362 g/mol. The van der Waals surface area contributed by atoms with Gasteiger partial charge in [0.25, 0.3) is 0 Å².